The van der Waals surface area contributed by atoms with Gasteiger partial charge in [0.15, 0.2) is 0 Å². The zero-order valence-electron chi connectivity index (χ0n) is 11.0. The van der Waals surface area contributed by atoms with Crippen LogP contribution in [0, 0.1) is 11.6 Å². The summed E-state index contributed by atoms with van der Waals surface area (Å²) in [6.07, 6.45) is 0.422. The van der Waals surface area contributed by atoms with Crippen LogP contribution in [0.1, 0.15) is 24.9 Å². The Kier molecular flexibility index (Phi) is 5.85. The van der Waals surface area contributed by atoms with Crippen molar-refractivity contribution in [2.75, 3.05) is 13.7 Å². The van der Waals surface area contributed by atoms with Crippen LogP contribution in [0.5, 0.6) is 0 Å². The Morgan fingerprint density at radius 3 is 2.74 bits per heavy atom. The monoisotopic (exact) mass is 272 g/mol. The normalized spacial score (nSPS) is 13.9. The third kappa shape index (κ3) is 4.25. The van der Waals surface area contributed by atoms with Crippen LogP contribution in [0.4, 0.5) is 8.78 Å². The minimum atomic E-state index is -0.837. The Bertz CT molecular complexity index is 441. The molecule has 0 spiro atoms. The van der Waals surface area contributed by atoms with Gasteiger partial charge in [0.05, 0.1) is 12.6 Å². The summed E-state index contributed by atoms with van der Waals surface area (Å²) in [5.74, 6) is -1.57. The van der Waals surface area contributed by atoms with E-state index in [0.717, 1.165) is 18.2 Å². The molecule has 0 fully saturated rings. The molecule has 0 aliphatic carbocycles. The molecule has 1 amide bonds. The van der Waals surface area contributed by atoms with Gasteiger partial charge in [0.25, 0.3) is 0 Å². The Hall–Kier alpha value is -1.53. The highest BCUT2D eigenvalue weighted by atomic mass is 19.1. The predicted molar refractivity (Wildman–Crippen MR) is 67.4 cm³/mol. The van der Waals surface area contributed by atoms with Crippen LogP contribution in [0.3, 0.4) is 0 Å². The first-order chi connectivity index (χ1) is 8.99. The quantitative estimate of drug-likeness (QED) is 0.825. The fourth-order valence-electron chi connectivity index (χ4n) is 1.72. The molecule has 1 rings (SSSR count). The molecule has 0 aliphatic rings. The van der Waals surface area contributed by atoms with Crippen LogP contribution in [0.15, 0.2) is 18.2 Å². The molecular weight excluding hydrogens is 254 g/mol. The number of carbonyl (C=O) groups excluding carboxylic acids is 1. The van der Waals surface area contributed by atoms with Crippen LogP contribution in [0.2, 0.25) is 0 Å². The zero-order chi connectivity index (χ0) is 14.4. The Balaban J connectivity index is 2.83. The van der Waals surface area contributed by atoms with Gasteiger partial charge in [-0.05, 0) is 24.6 Å². The summed E-state index contributed by atoms with van der Waals surface area (Å²) in [6.45, 7) is 1.82. The minimum absolute atomic E-state index is 0.0634. The minimum Gasteiger partial charge on any atom is -0.383 e. The number of benzene rings is 1. The number of nitrogens with two attached hydrogens (primary N) is 1. The van der Waals surface area contributed by atoms with Gasteiger partial charge in [-0.3, -0.25) is 4.79 Å². The highest BCUT2D eigenvalue weighted by Crippen LogP contribution is 2.21. The molecule has 0 aliphatic heterocycles. The average Bonchev–Trinajstić information content (AvgIpc) is 2.39. The molecule has 1 aromatic carbocycles. The number of hydrogen-bond donors (Lipinski definition) is 2. The fraction of sp³-hybridized carbons (Fsp3) is 0.462. The van der Waals surface area contributed by atoms with E-state index < -0.39 is 29.6 Å². The van der Waals surface area contributed by atoms with Gasteiger partial charge in [0.1, 0.15) is 17.7 Å². The third-order valence-corrected chi connectivity index (χ3v) is 2.74. The van der Waals surface area contributed by atoms with E-state index in [9.17, 15) is 13.6 Å². The summed E-state index contributed by atoms with van der Waals surface area (Å²) >= 11 is 0. The second kappa shape index (κ2) is 7.16. The third-order valence-electron chi connectivity index (χ3n) is 2.74. The Labute approximate surface area is 110 Å². The van der Waals surface area contributed by atoms with Crippen molar-refractivity contribution in [2.45, 2.75) is 25.4 Å². The number of halogens is 2. The van der Waals surface area contributed by atoms with Crippen molar-refractivity contribution in [3.05, 3.63) is 35.4 Å². The summed E-state index contributed by atoms with van der Waals surface area (Å²) in [6, 6.07) is 1.69. The second-order valence-corrected chi connectivity index (χ2v) is 4.20. The molecule has 0 heterocycles. The topological polar surface area (TPSA) is 64.4 Å². The maximum Gasteiger partial charge on any atom is 0.239 e. The highest BCUT2D eigenvalue weighted by molar-refractivity contribution is 5.82. The first kappa shape index (κ1) is 15.5. The molecule has 2 atom stereocenters. The lowest BCUT2D eigenvalue weighted by molar-refractivity contribution is -0.124. The van der Waals surface area contributed by atoms with Gasteiger partial charge in [-0.2, -0.15) is 0 Å². The van der Waals surface area contributed by atoms with Gasteiger partial charge < -0.3 is 15.8 Å². The lowest BCUT2D eigenvalue weighted by Crippen LogP contribution is -2.44. The molecule has 3 N–H and O–H groups in total. The maximum atomic E-state index is 13.6. The molecule has 0 saturated carbocycles. The Morgan fingerprint density at radius 2 is 2.16 bits per heavy atom. The van der Waals surface area contributed by atoms with Gasteiger partial charge in [-0.25, -0.2) is 8.78 Å². The maximum absolute atomic E-state index is 13.6. The highest BCUT2D eigenvalue weighted by Gasteiger charge is 2.20. The number of rotatable bonds is 6. The summed E-state index contributed by atoms with van der Waals surface area (Å²) < 4.78 is 31.5. The fourth-order valence-corrected chi connectivity index (χ4v) is 1.72. The molecule has 6 heteroatoms. The average molecular weight is 272 g/mol. The lowest BCUT2D eigenvalue weighted by Gasteiger charge is -2.20. The van der Waals surface area contributed by atoms with Crippen molar-refractivity contribution >= 4 is 5.91 Å². The second-order valence-electron chi connectivity index (χ2n) is 4.20. The van der Waals surface area contributed by atoms with Crippen molar-refractivity contribution in [1.29, 1.82) is 0 Å². The molecule has 19 heavy (non-hydrogen) atoms. The number of carbonyl (C=O) groups is 1. The van der Waals surface area contributed by atoms with Gasteiger partial charge in [-0.1, -0.05) is 6.92 Å². The van der Waals surface area contributed by atoms with Gasteiger partial charge >= 0.3 is 0 Å². The molecule has 0 bridgehead atoms. The molecule has 106 valence electrons. The standard InChI is InChI=1S/C13H18F2N2O2/c1-3-12(17-13(18)11(16)7-19-2)9-6-8(14)4-5-10(9)15/h4-6,11-12H,3,7,16H2,1-2H3,(H,17,18). The van der Waals surface area contributed by atoms with E-state index in [2.05, 4.69) is 5.32 Å². The van der Waals surface area contributed by atoms with E-state index in [1.54, 1.807) is 6.92 Å². The molecule has 0 aromatic heterocycles. The van der Waals surface area contributed by atoms with Crippen molar-refractivity contribution in [1.82, 2.24) is 5.32 Å². The molecule has 2 unspecified atom stereocenters. The van der Waals surface area contributed by atoms with Crippen LogP contribution >= 0.6 is 0 Å². The molecule has 0 saturated heterocycles. The van der Waals surface area contributed by atoms with Crippen LogP contribution in [0.25, 0.3) is 0 Å². The smallest absolute Gasteiger partial charge is 0.239 e. The number of methoxy groups -OCH3 is 1. The molecule has 4 nitrogen and oxygen atoms in total. The van der Waals surface area contributed by atoms with Gasteiger partial charge in [-0.15, -0.1) is 0 Å². The first-order valence-electron chi connectivity index (χ1n) is 5.99. The molecule has 1 aromatic rings. The van der Waals surface area contributed by atoms with E-state index in [4.69, 9.17) is 10.5 Å². The van der Waals surface area contributed by atoms with E-state index in [-0.39, 0.29) is 12.2 Å². The van der Waals surface area contributed by atoms with E-state index in [1.807, 2.05) is 0 Å². The van der Waals surface area contributed by atoms with E-state index in [0.29, 0.717) is 6.42 Å². The Morgan fingerprint density at radius 1 is 1.47 bits per heavy atom. The summed E-state index contributed by atoms with van der Waals surface area (Å²) in [5, 5.41) is 2.58. The summed E-state index contributed by atoms with van der Waals surface area (Å²) in [7, 11) is 1.43. The SMILES string of the molecule is CCC(NC(=O)C(N)COC)c1cc(F)ccc1F. The number of ether oxygens (including phenoxy) is 1. The van der Waals surface area contributed by atoms with E-state index in [1.165, 1.54) is 7.11 Å². The van der Waals surface area contributed by atoms with E-state index >= 15 is 0 Å². The van der Waals surface area contributed by atoms with Crippen LogP contribution in [-0.2, 0) is 9.53 Å². The number of amides is 1. The van der Waals surface area contributed by atoms with Crippen molar-refractivity contribution < 1.29 is 18.3 Å². The largest absolute Gasteiger partial charge is 0.383 e. The summed E-state index contributed by atoms with van der Waals surface area (Å²) in [5.41, 5.74) is 5.68. The molecular formula is C13H18F2N2O2. The number of nitrogens with one attached hydrogen (secondary N) is 1. The zero-order valence-corrected chi connectivity index (χ0v) is 11.0. The van der Waals surface area contributed by atoms with Crippen LogP contribution in [-0.4, -0.2) is 25.7 Å². The number of hydrogen-bond acceptors (Lipinski definition) is 3. The van der Waals surface area contributed by atoms with Gasteiger partial charge in [0, 0.05) is 12.7 Å². The van der Waals surface area contributed by atoms with Crippen molar-refractivity contribution in [2.24, 2.45) is 5.73 Å². The first-order valence-corrected chi connectivity index (χ1v) is 5.99. The van der Waals surface area contributed by atoms with Crippen molar-refractivity contribution in [3.8, 4) is 0 Å². The van der Waals surface area contributed by atoms with Gasteiger partial charge in [0.2, 0.25) is 5.91 Å². The van der Waals surface area contributed by atoms with Crippen molar-refractivity contribution in [3.63, 3.8) is 0 Å². The molecule has 0 radical (unpaired) electrons. The van der Waals surface area contributed by atoms with Crippen LogP contribution < -0.4 is 11.1 Å². The lowest BCUT2D eigenvalue weighted by atomic mass is 10.0. The predicted octanol–water partition coefficient (Wildman–Crippen LogP) is 1.51. The summed E-state index contributed by atoms with van der Waals surface area (Å²) in [4.78, 5) is 11.7.